The van der Waals surface area contributed by atoms with E-state index in [1.807, 2.05) is 19.1 Å². The molecule has 2 aromatic rings. The Balaban J connectivity index is 2.27. The van der Waals surface area contributed by atoms with Crippen LogP contribution in [-0.4, -0.2) is 11.0 Å². The van der Waals surface area contributed by atoms with Gasteiger partial charge >= 0.3 is 0 Å². The molecule has 0 amide bonds. The van der Waals surface area contributed by atoms with Crippen molar-refractivity contribution in [2.75, 3.05) is 5.06 Å². The highest BCUT2D eigenvalue weighted by atomic mass is 16.5. The van der Waals surface area contributed by atoms with E-state index < -0.39 is 11.3 Å². The third kappa shape index (κ3) is 1.41. The largest absolute Gasteiger partial charge is 0.290 e. The first-order chi connectivity index (χ1) is 9.61. The van der Waals surface area contributed by atoms with Gasteiger partial charge in [0.2, 0.25) is 11.3 Å². The zero-order valence-electron chi connectivity index (χ0n) is 10.9. The summed E-state index contributed by atoms with van der Waals surface area (Å²) in [5, 5.41) is 20.8. The molecule has 0 radical (unpaired) electrons. The zero-order chi connectivity index (χ0) is 14.3. The number of ketones is 1. The highest BCUT2D eigenvalue weighted by molar-refractivity contribution is 6.15. The number of nitrogens with zero attached hydrogens (tertiary/aromatic N) is 2. The van der Waals surface area contributed by atoms with Gasteiger partial charge in [-0.15, -0.1) is 0 Å². The fourth-order valence-electron chi connectivity index (χ4n) is 2.61. The zero-order valence-corrected chi connectivity index (χ0v) is 10.9. The lowest BCUT2D eigenvalue weighted by molar-refractivity contribution is 0.0862. The molecule has 1 atom stereocenters. The summed E-state index contributed by atoms with van der Waals surface area (Å²) in [6.07, 6.45) is 0. The molecule has 0 saturated carbocycles. The van der Waals surface area contributed by atoms with Gasteiger partial charge in [0.05, 0.1) is 5.69 Å². The van der Waals surface area contributed by atoms with Crippen LogP contribution < -0.4 is 5.06 Å². The van der Waals surface area contributed by atoms with E-state index in [4.69, 9.17) is 0 Å². The fraction of sp³-hybridized carbons (Fsp3) is 0.125. The van der Waals surface area contributed by atoms with Crippen LogP contribution in [0.3, 0.4) is 0 Å². The first-order valence-corrected chi connectivity index (χ1v) is 6.22. The lowest BCUT2D eigenvalue weighted by atomic mass is 9.86. The number of carbonyl (C=O) groups excluding carboxylic acids is 1. The van der Waals surface area contributed by atoms with Gasteiger partial charge in [-0.1, -0.05) is 42.0 Å². The Labute approximate surface area is 116 Å². The van der Waals surface area contributed by atoms with Crippen molar-refractivity contribution in [1.82, 2.24) is 0 Å². The van der Waals surface area contributed by atoms with Crippen LogP contribution in [0.5, 0.6) is 0 Å². The molecule has 3 rings (SSSR count). The minimum Gasteiger partial charge on any atom is -0.290 e. The van der Waals surface area contributed by atoms with Crippen LogP contribution in [0.15, 0.2) is 48.5 Å². The molecular formula is C16H12N2O2. The Bertz CT molecular complexity index is 748. The standard InChI is InChI=1S/C16H12N2O2/c1-11-5-4-6-12(9-11)16(10-17)15(19)13-7-2-3-8-14(13)18(16)20/h2-9,20H,1H3. The molecule has 2 aromatic carbocycles. The van der Waals surface area contributed by atoms with Crippen molar-refractivity contribution in [1.29, 1.82) is 5.26 Å². The summed E-state index contributed by atoms with van der Waals surface area (Å²) >= 11 is 0. The Morgan fingerprint density at radius 1 is 1.20 bits per heavy atom. The number of benzene rings is 2. The number of anilines is 1. The summed E-state index contributed by atoms with van der Waals surface area (Å²) in [7, 11) is 0. The molecule has 1 aliphatic rings. The number of para-hydroxylation sites is 1. The van der Waals surface area contributed by atoms with E-state index in [0.717, 1.165) is 10.6 Å². The van der Waals surface area contributed by atoms with Gasteiger partial charge in [-0.25, -0.2) is 5.06 Å². The molecule has 0 fully saturated rings. The van der Waals surface area contributed by atoms with Gasteiger partial charge in [-0.05, 0) is 19.1 Å². The Morgan fingerprint density at radius 3 is 2.60 bits per heavy atom. The van der Waals surface area contributed by atoms with Crippen LogP contribution >= 0.6 is 0 Å². The minimum atomic E-state index is -1.70. The predicted molar refractivity (Wildman–Crippen MR) is 73.5 cm³/mol. The number of hydrogen-bond donors (Lipinski definition) is 1. The first kappa shape index (κ1) is 12.4. The number of carbonyl (C=O) groups is 1. The fourth-order valence-corrected chi connectivity index (χ4v) is 2.61. The van der Waals surface area contributed by atoms with Gasteiger partial charge in [0, 0.05) is 11.1 Å². The molecule has 1 N–H and O–H groups in total. The van der Waals surface area contributed by atoms with E-state index in [1.165, 1.54) is 0 Å². The Hall–Kier alpha value is -2.64. The summed E-state index contributed by atoms with van der Waals surface area (Å²) < 4.78 is 0. The average molecular weight is 264 g/mol. The summed E-state index contributed by atoms with van der Waals surface area (Å²) in [4.78, 5) is 12.6. The second-order valence-corrected chi connectivity index (χ2v) is 4.85. The van der Waals surface area contributed by atoms with E-state index in [-0.39, 0.29) is 0 Å². The predicted octanol–water partition coefficient (Wildman–Crippen LogP) is 2.81. The Morgan fingerprint density at radius 2 is 1.95 bits per heavy atom. The molecule has 0 aliphatic carbocycles. The summed E-state index contributed by atoms with van der Waals surface area (Å²) in [5.74, 6) is -0.399. The summed E-state index contributed by atoms with van der Waals surface area (Å²) in [6, 6.07) is 15.8. The molecule has 0 bridgehead atoms. The van der Waals surface area contributed by atoms with Crippen molar-refractivity contribution >= 4 is 11.5 Å². The third-order valence-corrected chi connectivity index (χ3v) is 3.62. The lowest BCUT2D eigenvalue weighted by Gasteiger charge is -2.27. The maximum Gasteiger partial charge on any atom is 0.240 e. The third-order valence-electron chi connectivity index (χ3n) is 3.62. The molecular weight excluding hydrogens is 252 g/mol. The van der Waals surface area contributed by atoms with Crippen molar-refractivity contribution in [3.8, 4) is 6.07 Å². The molecule has 98 valence electrons. The van der Waals surface area contributed by atoms with E-state index in [2.05, 4.69) is 0 Å². The Kier molecular flexibility index (Phi) is 2.60. The average Bonchev–Trinajstić information content (AvgIpc) is 2.69. The van der Waals surface area contributed by atoms with Gasteiger partial charge in [0.1, 0.15) is 6.07 Å². The molecule has 0 spiro atoms. The van der Waals surface area contributed by atoms with Crippen molar-refractivity contribution < 1.29 is 10.0 Å². The molecule has 1 unspecified atom stereocenters. The quantitative estimate of drug-likeness (QED) is 0.860. The highest BCUT2D eigenvalue weighted by Gasteiger charge is 2.53. The number of aryl methyl sites for hydroxylation is 1. The van der Waals surface area contributed by atoms with Crippen molar-refractivity contribution in [2.45, 2.75) is 12.5 Å². The maximum atomic E-state index is 12.6. The maximum absolute atomic E-state index is 12.6. The number of hydrogen-bond acceptors (Lipinski definition) is 4. The summed E-state index contributed by atoms with van der Waals surface area (Å²) in [5.41, 5.74) is 0.423. The second-order valence-electron chi connectivity index (χ2n) is 4.85. The SMILES string of the molecule is Cc1cccc(C2(C#N)C(=O)c3ccccc3N2O)c1. The van der Waals surface area contributed by atoms with Crippen molar-refractivity contribution in [3.05, 3.63) is 65.2 Å². The van der Waals surface area contributed by atoms with Crippen LogP contribution in [0.2, 0.25) is 0 Å². The first-order valence-electron chi connectivity index (χ1n) is 6.22. The molecule has 1 heterocycles. The molecule has 4 heteroatoms. The van der Waals surface area contributed by atoms with Crippen LogP contribution in [0.25, 0.3) is 0 Å². The van der Waals surface area contributed by atoms with Crippen LogP contribution in [0.1, 0.15) is 21.5 Å². The highest BCUT2D eigenvalue weighted by Crippen LogP contribution is 2.43. The number of nitriles is 1. The van der Waals surface area contributed by atoms with E-state index >= 15 is 0 Å². The number of rotatable bonds is 1. The molecule has 20 heavy (non-hydrogen) atoms. The minimum absolute atomic E-state index is 0.359. The smallest absolute Gasteiger partial charge is 0.240 e. The van der Waals surface area contributed by atoms with E-state index in [1.54, 1.807) is 42.5 Å². The normalized spacial score (nSPS) is 20.6. The topological polar surface area (TPSA) is 64.3 Å². The second kappa shape index (κ2) is 4.19. The van der Waals surface area contributed by atoms with Gasteiger partial charge in [-0.3, -0.25) is 10.0 Å². The van der Waals surface area contributed by atoms with E-state index in [9.17, 15) is 15.3 Å². The number of hydroxylamine groups is 1. The lowest BCUT2D eigenvalue weighted by Crippen LogP contribution is -2.44. The van der Waals surface area contributed by atoms with Crippen molar-refractivity contribution in [3.63, 3.8) is 0 Å². The van der Waals surface area contributed by atoms with Gasteiger partial charge in [0.15, 0.2) is 0 Å². The molecule has 0 saturated heterocycles. The van der Waals surface area contributed by atoms with Crippen molar-refractivity contribution in [2.24, 2.45) is 0 Å². The van der Waals surface area contributed by atoms with Gasteiger partial charge in [-0.2, -0.15) is 5.26 Å². The monoisotopic (exact) mass is 264 g/mol. The number of Topliss-reactive ketones (excluding diaryl/α,β-unsaturated/α-hetero) is 1. The van der Waals surface area contributed by atoms with Crippen LogP contribution in [-0.2, 0) is 5.54 Å². The molecule has 4 nitrogen and oxygen atoms in total. The number of fused-ring (bicyclic) bond motifs is 1. The molecule has 0 aromatic heterocycles. The van der Waals surface area contributed by atoms with Gasteiger partial charge in [0.25, 0.3) is 0 Å². The van der Waals surface area contributed by atoms with Crippen LogP contribution in [0.4, 0.5) is 5.69 Å². The summed E-state index contributed by atoms with van der Waals surface area (Å²) in [6.45, 7) is 1.88. The van der Waals surface area contributed by atoms with Gasteiger partial charge < -0.3 is 0 Å². The van der Waals surface area contributed by atoms with E-state index in [0.29, 0.717) is 16.8 Å². The van der Waals surface area contributed by atoms with Crippen LogP contribution in [0, 0.1) is 18.3 Å². The molecule has 1 aliphatic heterocycles.